The Hall–Kier alpha value is -5.66. The molecule has 1 nitrogen and oxygen atoms in total. The van der Waals surface area contributed by atoms with Crippen LogP contribution in [0.4, 0.5) is 0 Å². The molecule has 43 heavy (non-hydrogen) atoms. The van der Waals surface area contributed by atoms with Crippen molar-refractivity contribution in [2.45, 2.75) is 0 Å². The Morgan fingerprint density at radius 3 is 1.77 bits per heavy atom. The number of fused-ring (bicyclic) bond motifs is 6. The minimum Gasteiger partial charge on any atom is -0.455 e. The predicted molar refractivity (Wildman–Crippen MR) is 183 cm³/mol. The van der Waals surface area contributed by atoms with Crippen LogP contribution >= 0.6 is 0 Å². The average Bonchev–Trinajstić information content (AvgIpc) is 3.55. The van der Waals surface area contributed by atoms with Gasteiger partial charge in [0.1, 0.15) is 11.2 Å². The SMILES string of the molecule is [2H]c1c([2H])c([2H])c2c(-c3cccc4ccccc34)c3c([2H])c([2H])c([2H])c([2H])c3c(-c3cccc(-c4cccc5c4oc4ccccc45)c3)c2c1[2H]. The Labute approximate surface area is 260 Å². The monoisotopic (exact) mass is 554 g/mol. The molecule has 0 saturated carbocycles. The zero-order valence-electron chi connectivity index (χ0n) is 30.8. The lowest BCUT2D eigenvalue weighted by Gasteiger charge is -2.19. The Kier molecular flexibility index (Phi) is 3.80. The molecule has 1 aromatic heterocycles. The van der Waals surface area contributed by atoms with Gasteiger partial charge in [0, 0.05) is 16.3 Å². The normalized spacial score (nSPS) is 14.3. The van der Waals surface area contributed by atoms with E-state index in [1.807, 2.05) is 109 Å². The van der Waals surface area contributed by atoms with Crippen LogP contribution in [-0.4, -0.2) is 0 Å². The van der Waals surface area contributed by atoms with Crippen molar-refractivity contribution in [2.75, 3.05) is 0 Å². The Morgan fingerprint density at radius 1 is 0.419 bits per heavy atom. The average molecular weight is 555 g/mol. The maximum atomic E-state index is 9.32. The first-order valence-corrected chi connectivity index (χ1v) is 14.1. The minimum atomic E-state index is -0.430. The minimum absolute atomic E-state index is 0.181. The van der Waals surface area contributed by atoms with E-state index in [0.717, 1.165) is 38.3 Å². The van der Waals surface area contributed by atoms with Crippen LogP contribution in [0.2, 0.25) is 0 Å². The molecule has 9 rings (SSSR count). The van der Waals surface area contributed by atoms with Gasteiger partial charge in [0.25, 0.3) is 0 Å². The molecule has 0 unspecified atom stereocenters. The van der Waals surface area contributed by atoms with Crippen LogP contribution < -0.4 is 0 Å². The molecule has 1 heterocycles. The third kappa shape index (κ3) is 3.65. The van der Waals surface area contributed by atoms with Gasteiger partial charge in [-0.25, -0.2) is 0 Å². The molecule has 1 heteroatoms. The molecule has 200 valence electrons. The van der Waals surface area contributed by atoms with E-state index in [4.69, 9.17) is 9.90 Å². The second-order valence-electron chi connectivity index (χ2n) is 10.6. The summed E-state index contributed by atoms with van der Waals surface area (Å²) in [6.45, 7) is 0. The Morgan fingerprint density at radius 2 is 0.977 bits per heavy atom. The summed E-state index contributed by atoms with van der Waals surface area (Å²) in [6.07, 6.45) is 0. The van der Waals surface area contributed by atoms with Crippen LogP contribution in [0.5, 0.6) is 0 Å². The predicted octanol–water partition coefficient (Wildman–Crippen LogP) is 12.0. The molecule has 0 aliphatic rings. The smallest absolute Gasteiger partial charge is 0.143 e. The molecular weight excluding hydrogens is 520 g/mol. The fourth-order valence-corrected chi connectivity index (χ4v) is 6.44. The van der Waals surface area contributed by atoms with Crippen LogP contribution in [0, 0.1) is 0 Å². The molecule has 0 atom stereocenters. The number of hydrogen-bond acceptors (Lipinski definition) is 1. The molecule has 0 aliphatic carbocycles. The van der Waals surface area contributed by atoms with Crippen molar-refractivity contribution in [3.05, 3.63) is 158 Å². The highest BCUT2D eigenvalue weighted by Crippen LogP contribution is 2.46. The summed E-state index contributed by atoms with van der Waals surface area (Å²) < 4.78 is 78.7. The molecule has 0 aliphatic heterocycles. The fraction of sp³-hybridized carbons (Fsp3) is 0. The van der Waals surface area contributed by atoms with Crippen molar-refractivity contribution < 1.29 is 15.4 Å². The van der Waals surface area contributed by atoms with E-state index in [1.165, 1.54) is 0 Å². The van der Waals surface area contributed by atoms with Gasteiger partial charge in [-0.15, -0.1) is 0 Å². The lowest BCUT2D eigenvalue weighted by Crippen LogP contribution is -1.92. The maximum Gasteiger partial charge on any atom is 0.143 e. The summed E-state index contributed by atoms with van der Waals surface area (Å²) in [7, 11) is 0. The highest BCUT2D eigenvalue weighted by atomic mass is 16.3. The van der Waals surface area contributed by atoms with Gasteiger partial charge in [-0.05, 0) is 72.3 Å². The van der Waals surface area contributed by atoms with Crippen LogP contribution in [0.3, 0.4) is 0 Å². The third-order valence-electron chi connectivity index (χ3n) is 8.30. The first kappa shape index (κ1) is 17.3. The van der Waals surface area contributed by atoms with E-state index < -0.39 is 24.2 Å². The Bertz CT molecular complexity index is 2880. The van der Waals surface area contributed by atoms with Gasteiger partial charge in [0.15, 0.2) is 0 Å². The highest BCUT2D eigenvalue weighted by molar-refractivity contribution is 6.23. The number of benzene rings is 8. The zero-order chi connectivity index (χ0) is 35.3. The van der Waals surface area contributed by atoms with Crippen molar-refractivity contribution in [2.24, 2.45) is 0 Å². The van der Waals surface area contributed by atoms with E-state index in [2.05, 4.69) is 0 Å². The van der Waals surface area contributed by atoms with Crippen LogP contribution in [0.1, 0.15) is 11.0 Å². The van der Waals surface area contributed by atoms with Gasteiger partial charge in [-0.3, -0.25) is 0 Å². The van der Waals surface area contributed by atoms with Crippen molar-refractivity contribution in [3.63, 3.8) is 0 Å². The quantitative estimate of drug-likeness (QED) is 0.198. The first-order valence-electron chi connectivity index (χ1n) is 18.1. The Balaban J connectivity index is 1.48. The molecule has 9 aromatic rings. The molecule has 8 aromatic carbocycles. The van der Waals surface area contributed by atoms with Gasteiger partial charge in [-0.2, -0.15) is 0 Å². The van der Waals surface area contributed by atoms with E-state index in [9.17, 15) is 5.48 Å². The summed E-state index contributed by atoms with van der Waals surface area (Å²) in [6, 6.07) is 31.7. The van der Waals surface area contributed by atoms with Gasteiger partial charge in [0.05, 0.1) is 11.0 Å². The molecular formula is C42H26O. The molecule has 0 saturated heterocycles. The van der Waals surface area contributed by atoms with Gasteiger partial charge in [-0.1, -0.05) is 145 Å². The van der Waals surface area contributed by atoms with Crippen molar-refractivity contribution in [3.8, 4) is 33.4 Å². The number of hydrogen-bond donors (Lipinski definition) is 0. The molecule has 0 fully saturated rings. The standard InChI is InChI=1S/C42H26O/c1-2-16-30-27(12-1)13-10-23-33(30)41-36-20-5-3-18-34(36)40(35-19-4-6-21-37(35)41)29-15-9-14-28(26-29)31-22-11-24-38-32-17-7-8-25-39(32)43-42(31)38/h1-26H/i3D,4D,5D,6D,18D,19D,20D,21D. The second kappa shape index (κ2) is 9.44. The summed E-state index contributed by atoms with van der Waals surface area (Å²) in [5.41, 5.74) is 4.83. The van der Waals surface area contributed by atoms with Gasteiger partial charge < -0.3 is 4.42 Å². The van der Waals surface area contributed by atoms with E-state index >= 15 is 0 Å². The molecule has 0 radical (unpaired) electrons. The molecule has 0 amide bonds. The van der Waals surface area contributed by atoms with Gasteiger partial charge in [0.2, 0.25) is 0 Å². The van der Waals surface area contributed by atoms with Gasteiger partial charge >= 0.3 is 0 Å². The van der Waals surface area contributed by atoms with Crippen LogP contribution in [0.25, 0.3) is 87.6 Å². The van der Waals surface area contributed by atoms with E-state index in [0.29, 0.717) is 27.8 Å². The zero-order valence-corrected chi connectivity index (χ0v) is 22.8. The van der Waals surface area contributed by atoms with E-state index in [-0.39, 0.29) is 45.7 Å². The van der Waals surface area contributed by atoms with Crippen molar-refractivity contribution in [1.29, 1.82) is 0 Å². The lowest BCUT2D eigenvalue weighted by molar-refractivity contribution is 0.670. The maximum absolute atomic E-state index is 9.32. The molecule has 0 spiro atoms. The van der Waals surface area contributed by atoms with Crippen molar-refractivity contribution >= 4 is 54.3 Å². The number of furan rings is 1. The van der Waals surface area contributed by atoms with Crippen LogP contribution in [-0.2, 0) is 0 Å². The molecule has 0 bridgehead atoms. The number of rotatable bonds is 3. The third-order valence-corrected chi connectivity index (χ3v) is 8.30. The van der Waals surface area contributed by atoms with Crippen LogP contribution in [0.15, 0.2) is 162 Å². The van der Waals surface area contributed by atoms with Crippen molar-refractivity contribution in [1.82, 2.24) is 0 Å². The first-order chi connectivity index (χ1) is 24.7. The lowest BCUT2D eigenvalue weighted by atomic mass is 9.84. The topological polar surface area (TPSA) is 13.1 Å². The highest BCUT2D eigenvalue weighted by Gasteiger charge is 2.19. The fourth-order valence-electron chi connectivity index (χ4n) is 6.44. The second-order valence-corrected chi connectivity index (χ2v) is 10.6. The summed E-state index contributed by atoms with van der Waals surface area (Å²) in [5, 5.41) is 4.35. The van der Waals surface area contributed by atoms with E-state index in [1.54, 1.807) is 0 Å². The summed E-state index contributed by atoms with van der Waals surface area (Å²) >= 11 is 0. The number of para-hydroxylation sites is 2. The molecule has 0 N–H and O–H groups in total. The summed E-state index contributed by atoms with van der Waals surface area (Å²) in [5.74, 6) is 0. The largest absolute Gasteiger partial charge is 0.455 e. The summed E-state index contributed by atoms with van der Waals surface area (Å²) in [4.78, 5) is 0.